The zero-order chi connectivity index (χ0) is 22.6. The number of carbonyl (C=O) groups excluding carboxylic acids is 2. The molecule has 1 fully saturated rings. The summed E-state index contributed by atoms with van der Waals surface area (Å²) in [5.74, 6) is 0.151. The molecular weight excluding hydrogens is 410 g/mol. The second-order valence-electron chi connectivity index (χ2n) is 8.71. The number of nitrogens with one attached hydrogen (secondary N) is 3. The molecule has 0 aliphatic heterocycles. The molecule has 1 heterocycles. The number of aromatic nitrogens is 1. The average molecular weight is 438 g/mol. The molecule has 0 unspecified atom stereocenters. The number of hydrogen-bond donors (Lipinski definition) is 3. The van der Waals surface area contributed by atoms with Gasteiger partial charge >= 0.3 is 0 Å². The Kier molecular flexibility index (Phi) is 5.94. The van der Waals surface area contributed by atoms with Crippen LogP contribution >= 0.6 is 0 Å². The SMILES string of the molecule is O=C(Nc1ccc2[nH]c(-c3ccc(NC(=O)C4CCCCC4)cc3)cc2c1)c1ccccc1. The Labute approximate surface area is 193 Å². The Hall–Kier alpha value is -3.86. The molecule has 1 saturated carbocycles. The standard InChI is InChI=1S/C28H27N3O2/c32-27(20-7-3-1-4-8-20)29-23-13-11-19(12-14-23)26-18-22-17-24(15-16-25(22)31-26)30-28(33)21-9-5-2-6-10-21/h2,5-6,9-18,20,31H,1,3-4,7-8H2,(H,29,32)(H,30,33). The minimum Gasteiger partial charge on any atom is -0.355 e. The maximum atomic E-state index is 12.5. The maximum absolute atomic E-state index is 12.5. The zero-order valence-electron chi connectivity index (χ0n) is 18.4. The molecule has 0 bridgehead atoms. The average Bonchev–Trinajstić information content (AvgIpc) is 3.29. The van der Waals surface area contributed by atoms with Crippen molar-refractivity contribution in [3.63, 3.8) is 0 Å². The van der Waals surface area contributed by atoms with Gasteiger partial charge in [0, 0.05) is 39.5 Å². The largest absolute Gasteiger partial charge is 0.355 e. The van der Waals surface area contributed by atoms with E-state index in [2.05, 4.69) is 21.7 Å². The minimum atomic E-state index is -0.128. The van der Waals surface area contributed by atoms with Crippen LogP contribution in [-0.2, 0) is 4.79 Å². The van der Waals surface area contributed by atoms with E-state index >= 15 is 0 Å². The van der Waals surface area contributed by atoms with Crippen molar-refractivity contribution in [2.24, 2.45) is 5.92 Å². The summed E-state index contributed by atoms with van der Waals surface area (Å²) in [6, 6.07) is 25.0. The van der Waals surface area contributed by atoms with Gasteiger partial charge in [-0.05, 0) is 66.9 Å². The molecule has 33 heavy (non-hydrogen) atoms. The van der Waals surface area contributed by atoms with Gasteiger partial charge in [0.1, 0.15) is 0 Å². The Morgan fingerprint density at radius 3 is 2.24 bits per heavy atom. The maximum Gasteiger partial charge on any atom is 0.255 e. The summed E-state index contributed by atoms with van der Waals surface area (Å²) in [7, 11) is 0. The predicted molar refractivity (Wildman–Crippen MR) is 133 cm³/mol. The molecule has 5 heteroatoms. The zero-order valence-corrected chi connectivity index (χ0v) is 18.4. The highest BCUT2D eigenvalue weighted by Gasteiger charge is 2.21. The summed E-state index contributed by atoms with van der Waals surface area (Å²) < 4.78 is 0. The molecule has 0 spiro atoms. The second-order valence-corrected chi connectivity index (χ2v) is 8.71. The molecule has 5 rings (SSSR count). The third kappa shape index (κ3) is 4.82. The van der Waals surface area contributed by atoms with Crippen LogP contribution in [-0.4, -0.2) is 16.8 Å². The van der Waals surface area contributed by atoms with E-state index in [1.165, 1.54) is 6.42 Å². The summed E-state index contributed by atoms with van der Waals surface area (Å²) in [5, 5.41) is 7.04. The quantitative estimate of drug-likeness (QED) is 0.329. The Morgan fingerprint density at radius 1 is 0.758 bits per heavy atom. The number of rotatable bonds is 5. The van der Waals surface area contributed by atoms with Crippen molar-refractivity contribution in [1.82, 2.24) is 4.98 Å². The van der Waals surface area contributed by atoms with Crippen LogP contribution < -0.4 is 10.6 Å². The highest BCUT2D eigenvalue weighted by atomic mass is 16.2. The fourth-order valence-corrected chi connectivity index (χ4v) is 4.50. The lowest BCUT2D eigenvalue weighted by Crippen LogP contribution is -2.24. The van der Waals surface area contributed by atoms with Crippen LogP contribution in [0.1, 0.15) is 42.5 Å². The van der Waals surface area contributed by atoms with Crippen molar-refractivity contribution in [1.29, 1.82) is 0 Å². The van der Waals surface area contributed by atoms with Crippen molar-refractivity contribution >= 4 is 34.1 Å². The molecular formula is C28H27N3O2. The lowest BCUT2D eigenvalue weighted by atomic mass is 9.88. The van der Waals surface area contributed by atoms with Crippen LogP contribution in [0.5, 0.6) is 0 Å². The molecule has 3 N–H and O–H groups in total. The molecule has 1 aromatic heterocycles. The van der Waals surface area contributed by atoms with Crippen LogP contribution in [0, 0.1) is 5.92 Å². The molecule has 0 radical (unpaired) electrons. The minimum absolute atomic E-state index is 0.128. The molecule has 1 aliphatic carbocycles. The number of benzene rings is 3. The fraction of sp³-hybridized carbons (Fsp3) is 0.214. The first kappa shape index (κ1) is 21.0. The van der Waals surface area contributed by atoms with Crippen LogP contribution in [0.15, 0.2) is 78.9 Å². The molecule has 5 nitrogen and oxygen atoms in total. The first-order valence-electron chi connectivity index (χ1n) is 11.6. The van der Waals surface area contributed by atoms with Crippen molar-refractivity contribution in [2.45, 2.75) is 32.1 Å². The van der Waals surface area contributed by atoms with Gasteiger partial charge in [-0.1, -0.05) is 49.6 Å². The summed E-state index contributed by atoms with van der Waals surface area (Å²) in [5.41, 5.74) is 5.23. The van der Waals surface area contributed by atoms with E-state index in [1.54, 1.807) is 12.1 Å². The summed E-state index contributed by atoms with van der Waals surface area (Å²) in [6.45, 7) is 0. The van der Waals surface area contributed by atoms with E-state index in [1.807, 2.05) is 60.7 Å². The van der Waals surface area contributed by atoms with E-state index in [4.69, 9.17) is 0 Å². The highest BCUT2D eigenvalue weighted by Crippen LogP contribution is 2.28. The fourth-order valence-electron chi connectivity index (χ4n) is 4.50. The molecule has 0 atom stereocenters. The normalized spacial score (nSPS) is 14.2. The van der Waals surface area contributed by atoms with Gasteiger partial charge in [-0.15, -0.1) is 0 Å². The smallest absolute Gasteiger partial charge is 0.255 e. The van der Waals surface area contributed by atoms with Crippen molar-refractivity contribution in [3.8, 4) is 11.3 Å². The van der Waals surface area contributed by atoms with Gasteiger partial charge in [-0.2, -0.15) is 0 Å². The first-order valence-corrected chi connectivity index (χ1v) is 11.6. The van der Waals surface area contributed by atoms with Crippen LogP contribution in [0.3, 0.4) is 0 Å². The Balaban J connectivity index is 1.28. The van der Waals surface area contributed by atoms with Gasteiger partial charge in [0.15, 0.2) is 0 Å². The van der Waals surface area contributed by atoms with E-state index < -0.39 is 0 Å². The number of anilines is 2. The van der Waals surface area contributed by atoms with Gasteiger partial charge in [-0.25, -0.2) is 0 Å². The van der Waals surface area contributed by atoms with E-state index in [0.717, 1.165) is 59.2 Å². The van der Waals surface area contributed by atoms with Crippen LogP contribution in [0.2, 0.25) is 0 Å². The number of amides is 2. The van der Waals surface area contributed by atoms with E-state index in [0.29, 0.717) is 5.56 Å². The van der Waals surface area contributed by atoms with Crippen LogP contribution in [0.4, 0.5) is 11.4 Å². The number of fused-ring (bicyclic) bond motifs is 1. The van der Waals surface area contributed by atoms with Gasteiger partial charge < -0.3 is 15.6 Å². The van der Waals surface area contributed by atoms with Crippen LogP contribution in [0.25, 0.3) is 22.2 Å². The second kappa shape index (κ2) is 9.33. The highest BCUT2D eigenvalue weighted by molar-refractivity contribution is 6.05. The lowest BCUT2D eigenvalue weighted by molar-refractivity contribution is -0.120. The third-order valence-corrected chi connectivity index (χ3v) is 6.35. The number of aromatic amines is 1. The summed E-state index contributed by atoms with van der Waals surface area (Å²) >= 11 is 0. The number of hydrogen-bond acceptors (Lipinski definition) is 2. The molecule has 1 aliphatic rings. The molecule has 3 aromatic carbocycles. The molecule has 166 valence electrons. The Morgan fingerprint density at radius 2 is 1.48 bits per heavy atom. The number of carbonyl (C=O) groups is 2. The van der Waals surface area contributed by atoms with Crippen molar-refractivity contribution in [2.75, 3.05) is 10.6 Å². The Bertz CT molecular complexity index is 1270. The summed E-state index contributed by atoms with van der Waals surface area (Å²) in [6.07, 6.45) is 5.52. The van der Waals surface area contributed by atoms with Gasteiger partial charge in [0.25, 0.3) is 5.91 Å². The topological polar surface area (TPSA) is 74.0 Å². The molecule has 2 amide bonds. The molecule has 4 aromatic rings. The molecule has 0 saturated heterocycles. The van der Waals surface area contributed by atoms with Gasteiger partial charge in [0.2, 0.25) is 5.91 Å². The van der Waals surface area contributed by atoms with E-state index in [9.17, 15) is 9.59 Å². The van der Waals surface area contributed by atoms with Crippen molar-refractivity contribution in [3.05, 3.63) is 84.4 Å². The summed E-state index contributed by atoms with van der Waals surface area (Å²) in [4.78, 5) is 28.4. The van der Waals surface area contributed by atoms with Gasteiger partial charge in [-0.3, -0.25) is 9.59 Å². The van der Waals surface area contributed by atoms with E-state index in [-0.39, 0.29) is 17.7 Å². The monoisotopic (exact) mass is 437 g/mol. The number of H-pyrrole nitrogens is 1. The van der Waals surface area contributed by atoms with Gasteiger partial charge in [0.05, 0.1) is 0 Å². The predicted octanol–water partition coefficient (Wildman–Crippen LogP) is 6.61. The van der Waals surface area contributed by atoms with Crippen molar-refractivity contribution < 1.29 is 9.59 Å². The first-order chi connectivity index (χ1) is 16.2. The lowest BCUT2D eigenvalue weighted by Gasteiger charge is -2.20. The third-order valence-electron chi connectivity index (χ3n) is 6.35.